The zero-order valence-electron chi connectivity index (χ0n) is 16.0. The van der Waals surface area contributed by atoms with Gasteiger partial charge in [-0.25, -0.2) is 0 Å². The Bertz CT molecular complexity index is 342. The summed E-state index contributed by atoms with van der Waals surface area (Å²) in [5.41, 5.74) is 0. The van der Waals surface area contributed by atoms with Crippen molar-refractivity contribution in [2.45, 2.75) is 96.6 Å². The van der Waals surface area contributed by atoms with Crippen LogP contribution in [0, 0.1) is 23.7 Å². The van der Waals surface area contributed by atoms with Crippen molar-refractivity contribution in [3.05, 3.63) is 0 Å². The first-order valence-corrected chi connectivity index (χ1v) is 10.6. The van der Waals surface area contributed by atoms with Crippen LogP contribution in [0.4, 0.5) is 13.2 Å². The first-order valence-electron chi connectivity index (χ1n) is 10.6. The van der Waals surface area contributed by atoms with E-state index in [1.54, 1.807) is 0 Å². The van der Waals surface area contributed by atoms with Crippen LogP contribution in [-0.4, -0.2) is 19.4 Å². The molecule has 0 aliphatic heterocycles. The molecule has 2 saturated carbocycles. The van der Waals surface area contributed by atoms with E-state index in [2.05, 4.69) is 0 Å². The van der Waals surface area contributed by atoms with Crippen molar-refractivity contribution < 1.29 is 17.9 Å². The molecule has 0 aromatic carbocycles. The van der Waals surface area contributed by atoms with Gasteiger partial charge in [-0.1, -0.05) is 57.8 Å². The van der Waals surface area contributed by atoms with Crippen molar-refractivity contribution >= 4 is 0 Å². The van der Waals surface area contributed by atoms with E-state index in [1.165, 1.54) is 57.8 Å². The van der Waals surface area contributed by atoms with Gasteiger partial charge in [0.05, 0.1) is 5.92 Å². The summed E-state index contributed by atoms with van der Waals surface area (Å²) in [6.07, 6.45) is 10.2. The van der Waals surface area contributed by atoms with Crippen LogP contribution in [-0.2, 0) is 4.74 Å². The Kier molecular flexibility index (Phi) is 9.09. The van der Waals surface area contributed by atoms with Gasteiger partial charge in [0, 0.05) is 13.2 Å². The summed E-state index contributed by atoms with van der Waals surface area (Å²) in [4.78, 5) is 0. The Labute approximate surface area is 152 Å². The number of hydrogen-bond donors (Lipinski definition) is 0. The summed E-state index contributed by atoms with van der Waals surface area (Å²) in [5.74, 6) is 1.34. The van der Waals surface area contributed by atoms with Crippen molar-refractivity contribution in [2.75, 3.05) is 13.2 Å². The van der Waals surface area contributed by atoms with E-state index in [0.29, 0.717) is 12.5 Å². The highest BCUT2D eigenvalue weighted by atomic mass is 19.4. The third-order valence-corrected chi connectivity index (χ3v) is 6.65. The Morgan fingerprint density at radius 2 is 1.52 bits per heavy atom. The summed E-state index contributed by atoms with van der Waals surface area (Å²) in [6.45, 7) is 2.55. The molecule has 0 saturated heterocycles. The summed E-state index contributed by atoms with van der Waals surface area (Å²) in [5, 5.41) is 0. The number of alkyl halides is 3. The Morgan fingerprint density at radius 1 is 0.880 bits per heavy atom. The molecule has 0 amide bonds. The van der Waals surface area contributed by atoms with E-state index < -0.39 is 12.1 Å². The smallest absolute Gasteiger partial charge is 0.382 e. The van der Waals surface area contributed by atoms with E-state index in [0.717, 1.165) is 24.7 Å². The number of ether oxygens (including phenoxy) is 1. The summed E-state index contributed by atoms with van der Waals surface area (Å²) in [6, 6.07) is 0. The number of hydrogen-bond acceptors (Lipinski definition) is 1. The molecule has 2 fully saturated rings. The molecule has 2 aliphatic rings. The summed E-state index contributed by atoms with van der Waals surface area (Å²) in [7, 11) is 0. The van der Waals surface area contributed by atoms with E-state index in [1.807, 2.05) is 6.92 Å². The average Bonchev–Trinajstić information content (AvgIpc) is 2.61. The van der Waals surface area contributed by atoms with Crippen molar-refractivity contribution in [2.24, 2.45) is 23.7 Å². The van der Waals surface area contributed by atoms with Gasteiger partial charge in [0.2, 0.25) is 0 Å². The van der Waals surface area contributed by atoms with Crippen LogP contribution in [0.5, 0.6) is 0 Å². The third kappa shape index (κ3) is 7.48. The van der Waals surface area contributed by atoms with Crippen LogP contribution in [0.3, 0.4) is 0 Å². The fourth-order valence-electron chi connectivity index (χ4n) is 5.05. The van der Waals surface area contributed by atoms with Gasteiger partial charge < -0.3 is 4.74 Å². The van der Waals surface area contributed by atoms with Crippen LogP contribution in [0.2, 0.25) is 0 Å². The lowest BCUT2D eigenvalue weighted by molar-refractivity contribution is -0.181. The van der Waals surface area contributed by atoms with Gasteiger partial charge in [-0.2, -0.15) is 13.2 Å². The minimum Gasteiger partial charge on any atom is -0.382 e. The molecule has 0 heterocycles. The molecule has 0 N–H and O–H groups in total. The minimum absolute atomic E-state index is 0.117. The highest BCUT2D eigenvalue weighted by Gasteiger charge is 2.38. The summed E-state index contributed by atoms with van der Waals surface area (Å²) >= 11 is 0. The standard InChI is InChI=1S/C21H37F3O/c1-2-25-16-15-20(21(22,23)24)10-6-7-17-11-13-19(14-12-17)18-8-4-3-5-9-18/h17-20H,2-16H2,1H3. The molecule has 25 heavy (non-hydrogen) atoms. The van der Waals surface area contributed by atoms with Crippen LogP contribution in [0.1, 0.15) is 90.4 Å². The molecule has 2 rings (SSSR count). The van der Waals surface area contributed by atoms with Gasteiger partial charge in [0.25, 0.3) is 0 Å². The normalized spacial score (nSPS) is 27.4. The SMILES string of the molecule is CCOCCC(CCCC1CCC(C2CCCCC2)CC1)C(F)(F)F. The monoisotopic (exact) mass is 362 g/mol. The van der Waals surface area contributed by atoms with Crippen LogP contribution < -0.4 is 0 Å². The molecule has 1 unspecified atom stereocenters. The van der Waals surface area contributed by atoms with Crippen LogP contribution in [0.15, 0.2) is 0 Å². The molecular formula is C21H37F3O. The molecule has 148 valence electrons. The molecule has 2 aliphatic carbocycles. The maximum absolute atomic E-state index is 13.1. The topological polar surface area (TPSA) is 9.23 Å². The number of rotatable bonds is 9. The number of halogens is 3. The Balaban J connectivity index is 1.63. The second-order valence-electron chi connectivity index (χ2n) is 8.33. The molecule has 0 spiro atoms. The van der Waals surface area contributed by atoms with E-state index in [-0.39, 0.29) is 19.4 Å². The second kappa shape index (κ2) is 10.8. The maximum atomic E-state index is 13.1. The lowest BCUT2D eigenvalue weighted by atomic mass is 9.70. The minimum atomic E-state index is -4.07. The molecule has 1 nitrogen and oxygen atoms in total. The zero-order chi connectivity index (χ0) is 18.1. The van der Waals surface area contributed by atoms with Gasteiger partial charge in [-0.15, -0.1) is 0 Å². The fraction of sp³-hybridized carbons (Fsp3) is 1.00. The Hall–Kier alpha value is -0.250. The van der Waals surface area contributed by atoms with Gasteiger partial charge in [0.15, 0.2) is 0 Å². The molecule has 0 aromatic heterocycles. The zero-order valence-corrected chi connectivity index (χ0v) is 16.0. The Morgan fingerprint density at radius 3 is 2.12 bits per heavy atom. The van der Waals surface area contributed by atoms with Gasteiger partial charge in [-0.05, 0) is 50.4 Å². The predicted molar refractivity (Wildman–Crippen MR) is 96.5 cm³/mol. The van der Waals surface area contributed by atoms with Crippen molar-refractivity contribution in [3.8, 4) is 0 Å². The lowest BCUT2D eigenvalue weighted by Gasteiger charge is -2.36. The van der Waals surface area contributed by atoms with Gasteiger partial charge >= 0.3 is 6.18 Å². The quantitative estimate of drug-likeness (QED) is 0.396. The van der Waals surface area contributed by atoms with Crippen molar-refractivity contribution in [1.29, 1.82) is 0 Å². The first kappa shape index (κ1) is 21.1. The molecule has 1 atom stereocenters. The van der Waals surface area contributed by atoms with Crippen LogP contribution >= 0.6 is 0 Å². The van der Waals surface area contributed by atoms with E-state index in [9.17, 15) is 13.2 Å². The molecular weight excluding hydrogens is 325 g/mol. The lowest BCUT2D eigenvalue weighted by Crippen LogP contribution is -2.25. The molecule has 0 aromatic rings. The van der Waals surface area contributed by atoms with Crippen molar-refractivity contribution in [3.63, 3.8) is 0 Å². The fourth-order valence-corrected chi connectivity index (χ4v) is 5.05. The van der Waals surface area contributed by atoms with E-state index in [4.69, 9.17) is 4.74 Å². The van der Waals surface area contributed by atoms with Gasteiger partial charge in [-0.3, -0.25) is 0 Å². The largest absolute Gasteiger partial charge is 0.391 e. The second-order valence-corrected chi connectivity index (χ2v) is 8.33. The van der Waals surface area contributed by atoms with Gasteiger partial charge in [0.1, 0.15) is 0 Å². The first-order chi connectivity index (χ1) is 12.0. The van der Waals surface area contributed by atoms with E-state index >= 15 is 0 Å². The predicted octanol–water partition coefficient (Wildman–Crippen LogP) is 7.15. The average molecular weight is 363 g/mol. The highest BCUT2D eigenvalue weighted by molar-refractivity contribution is 4.80. The third-order valence-electron chi connectivity index (χ3n) is 6.65. The summed E-state index contributed by atoms with van der Waals surface area (Å²) < 4.78 is 44.5. The maximum Gasteiger partial charge on any atom is 0.391 e. The van der Waals surface area contributed by atoms with Crippen molar-refractivity contribution in [1.82, 2.24) is 0 Å². The molecule has 4 heteroatoms. The molecule has 0 radical (unpaired) electrons. The van der Waals surface area contributed by atoms with Crippen LogP contribution in [0.25, 0.3) is 0 Å². The molecule has 0 bridgehead atoms. The highest BCUT2D eigenvalue weighted by Crippen LogP contribution is 2.41.